The molecule has 0 radical (unpaired) electrons. The number of hydrogen-bond acceptors (Lipinski definition) is 5. The summed E-state index contributed by atoms with van der Waals surface area (Å²) in [6.45, 7) is 2.53. The van der Waals surface area contributed by atoms with Crippen LogP contribution in [0.15, 0.2) is 18.3 Å². The maximum absolute atomic E-state index is 12.1. The quantitative estimate of drug-likeness (QED) is 0.872. The molecule has 0 atom stereocenters. The van der Waals surface area contributed by atoms with Crippen molar-refractivity contribution in [1.82, 2.24) is 25.6 Å². The predicted molar refractivity (Wildman–Crippen MR) is 86.5 cm³/mol. The summed E-state index contributed by atoms with van der Waals surface area (Å²) in [4.78, 5) is 13.2. The third kappa shape index (κ3) is 3.85. The second-order valence-electron chi connectivity index (χ2n) is 5.28. The van der Waals surface area contributed by atoms with E-state index in [0.717, 1.165) is 41.6 Å². The monoisotopic (exact) mass is 339 g/mol. The number of aromatic nitrogens is 3. The van der Waals surface area contributed by atoms with Crippen LogP contribution in [-0.2, 0) is 6.42 Å². The molecule has 0 aliphatic carbocycles. The maximum Gasteiger partial charge on any atom is 0.273 e. The molecule has 2 N–H and O–H groups in total. The fourth-order valence-electron chi connectivity index (χ4n) is 2.51. The summed E-state index contributed by atoms with van der Waals surface area (Å²) >= 11 is 7.41. The van der Waals surface area contributed by atoms with Crippen LogP contribution in [0.2, 0.25) is 4.34 Å². The fraction of sp³-hybridized carbons (Fsp3) is 0.500. The van der Waals surface area contributed by atoms with E-state index in [2.05, 4.69) is 20.9 Å². The molecule has 3 rings (SSSR count). The van der Waals surface area contributed by atoms with Crippen LogP contribution in [0.1, 0.15) is 34.2 Å². The van der Waals surface area contributed by atoms with E-state index in [4.69, 9.17) is 11.6 Å². The van der Waals surface area contributed by atoms with Crippen LogP contribution in [-0.4, -0.2) is 40.5 Å². The van der Waals surface area contributed by atoms with Crippen molar-refractivity contribution in [2.45, 2.75) is 25.3 Å². The van der Waals surface area contributed by atoms with Gasteiger partial charge in [-0.2, -0.15) is 0 Å². The van der Waals surface area contributed by atoms with Crippen LogP contribution in [0.3, 0.4) is 0 Å². The average molecular weight is 340 g/mol. The number of carbonyl (C=O) groups is 1. The number of rotatable bonds is 5. The van der Waals surface area contributed by atoms with Gasteiger partial charge < -0.3 is 10.6 Å². The largest absolute Gasteiger partial charge is 0.350 e. The number of nitrogens with one attached hydrogen (secondary N) is 2. The highest BCUT2D eigenvalue weighted by molar-refractivity contribution is 7.16. The van der Waals surface area contributed by atoms with Gasteiger partial charge in [0.1, 0.15) is 0 Å². The number of amides is 1. The molecule has 1 fully saturated rings. The minimum atomic E-state index is -0.178. The number of carbonyl (C=O) groups excluding carboxylic acids is 1. The molecule has 22 heavy (non-hydrogen) atoms. The predicted octanol–water partition coefficient (Wildman–Crippen LogP) is 1.89. The molecule has 0 bridgehead atoms. The minimum Gasteiger partial charge on any atom is -0.350 e. The second-order valence-corrected chi connectivity index (χ2v) is 7.08. The van der Waals surface area contributed by atoms with E-state index in [-0.39, 0.29) is 5.91 Å². The molecule has 118 valence electrons. The summed E-state index contributed by atoms with van der Waals surface area (Å²) in [5.74, 6) is -0.178. The molecule has 3 heterocycles. The van der Waals surface area contributed by atoms with Crippen LogP contribution in [0, 0.1) is 0 Å². The second kappa shape index (κ2) is 7.21. The maximum atomic E-state index is 12.1. The van der Waals surface area contributed by atoms with Crippen LogP contribution in [0.4, 0.5) is 0 Å². The van der Waals surface area contributed by atoms with Crippen molar-refractivity contribution in [1.29, 1.82) is 0 Å². The summed E-state index contributed by atoms with van der Waals surface area (Å²) in [5, 5.41) is 14.3. The molecule has 0 saturated carbocycles. The Kier molecular flexibility index (Phi) is 5.07. The number of hydrogen-bond donors (Lipinski definition) is 2. The zero-order valence-corrected chi connectivity index (χ0v) is 13.7. The first-order valence-corrected chi connectivity index (χ1v) is 8.57. The van der Waals surface area contributed by atoms with E-state index in [1.165, 1.54) is 11.3 Å². The summed E-state index contributed by atoms with van der Waals surface area (Å²) in [6, 6.07) is 4.18. The Morgan fingerprint density at radius 1 is 1.45 bits per heavy atom. The molecule has 1 amide bonds. The highest BCUT2D eigenvalue weighted by atomic mass is 35.5. The lowest BCUT2D eigenvalue weighted by molar-refractivity contribution is 0.0949. The molecule has 0 spiro atoms. The summed E-state index contributed by atoms with van der Waals surface area (Å²) in [7, 11) is 0. The molecule has 1 aliphatic rings. The van der Waals surface area contributed by atoms with Gasteiger partial charge in [-0.05, 0) is 44.5 Å². The normalized spacial score (nSPS) is 15.9. The van der Waals surface area contributed by atoms with Crippen molar-refractivity contribution in [3.63, 3.8) is 0 Å². The SMILES string of the molecule is O=C(NCCc1ccc(Cl)s1)c1cn(C2CCNCC2)nn1. The summed E-state index contributed by atoms with van der Waals surface area (Å²) in [6.07, 6.45) is 4.55. The number of thiophene rings is 1. The van der Waals surface area contributed by atoms with E-state index in [0.29, 0.717) is 18.3 Å². The van der Waals surface area contributed by atoms with Gasteiger partial charge in [0.15, 0.2) is 5.69 Å². The van der Waals surface area contributed by atoms with Gasteiger partial charge in [0.2, 0.25) is 0 Å². The fourth-order valence-corrected chi connectivity index (χ4v) is 3.59. The Labute approximate surface area is 137 Å². The average Bonchev–Trinajstić information content (AvgIpc) is 3.17. The Bertz CT molecular complexity index is 635. The van der Waals surface area contributed by atoms with Gasteiger partial charge in [-0.1, -0.05) is 16.8 Å². The van der Waals surface area contributed by atoms with Gasteiger partial charge in [0.05, 0.1) is 16.6 Å². The molecule has 1 aliphatic heterocycles. The van der Waals surface area contributed by atoms with Crippen LogP contribution >= 0.6 is 22.9 Å². The van der Waals surface area contributed by atoms with Crippen molar-refractivity contribution in [3.05, 3.63) is 33.2 Å². The van der Waals surface area contributed by atoms with Gasteiger partial charge in [-0.15, -0.1) is 16.4 Å². The molecule has 2 aromatic rings. The molecular formula is C14H18ClN5OS. The molecular weight excluding hydrogens is 322 g/mol. The molecule has 1 saturated heterocycles. The molecule has 0 aromatic carbocycles. The van der Waals surface area contributed by atoms with Gasteiger partial charge in [0, 0.05) is 11.4 Å². The summed E-state index contributed by atoms with van der Waals surface area (Å²) in [5.41, 5.74) is 0.378. The van der Waals surface area contributed by atoms with E-state index in [1.54, 1.807) is 6.20 Å². The Morgan fingerprint density at radius 3 is 3.00 bits per heavy atom. The molecule has 6 nitrogen and oxygen atoms in total. The Morgan fingerprint density at radius 2 is 2.27 bits per heavy atom. The molecule has 8 heteroatoms. The van der Waals surface area contributed by atoms with Crippen molar-refractivity contribution in [2.24, 2.45) is 0 Å². The van der Waals surface area contributed by atoms with E-state index < -0.39 is 0 Å². The number of halogens is 1. The lowest BCUT2D eigenvalue weighted by Crippen LogP contribution is -2.29. The van der Waals surface area contributed by atoms with Crippen molar-refractivity contribution in [2.75, 3.05) is 19.6 Å². The van der Waals surface area contributed by atoms with E-state index in [1.807, 2.05) is 16.8 Å². The van der Waals surface area contributed by atoms with E-state index >= 15 is 0 Å². The minimum absolute atomic E-state index is 0.178. The number of nitrogens with zero attached hydrogens (tertiary/aromatic N) is 3. The highest BCUT2D eigenvalue weighted by Gasteiger charge is 2.18. The first-order chi connectivity index (χ1) is 10.7. The lowest BCUT2D eigenvalue weighted by Gasteiger charge is -2.22. The van der Waals surface area contributed by atoms with Crippen LogP contribution in [0.25, 0.3) is 0 Å². The smallest absolute Gasteiger partial charge is 0.273 e. The van der Waals surface area contributed by atoms with Gasteiger partial charge >= 0.3 is 0 Å². The Balaban J connectivity index is 1.50. The van der Waals surface area contributed by atoms with Crippen molar-refractivity contribution < 1.29 is 4.79 Å². The standard InChI is InChI=1S/C14H18ClN5OS/c15-13-2-1-11(22-13)5-8-17-14(21)12-9-20(19-18-12)10-3-6-16-7-4-10/h1-2,9-10,16H,3-8H2,(H,17,21). The third-order valence-corrected chi connectivity index (χ3v) is 5.00. The van der Waals surface area contributed by atoms with Gasteiger partial charge in [-0.25, -0.2) is 4.68 Å². The topological polar surface area (TPSA) is 71.8 Å². The van der Waals surface area contributed by atoms with E-state index in [9.17, 15) is 4.79 Å². The van der Waals surface area contributed by atoms with Crippen molar-refractivity contribution >= 4 is 28.8 Å². The first-order valence-electron chi connectivity index (χ1n) is 7.37. The highest BCUT2D eigenvalue weighted by Crippen LogP contribution is 2.21. The molecule has 0 unspecified atom stereocenters. The van der Waals surface area contributed by atoms with Crippen LogP contribution < -0.4 is 10.6 Å². The lowest BCUT2D eigenvalue weighted by atomic mass is 10.1. The molecule has 2 aromatic heterocycles. The van der Waals surface area contributed by atoms with Gasteiger partial charge in [0.25, 0.3) is 5.91 Å². The number of piperidine rings is 1. The zero-order valence-electron chi connectivity index (χ0n) is 12.1. The van der Waals surface area contributed by atoms with Gasteiger partial charge in [-0.3, -0.25) is 4.79 Å². The third-order valence-electron chi connectivity index (χ3n) is 3.71. The van der Waals surface area contributed by atoms with Crippen LogP contribution in [0.5, 0.6) is 0 Å². The van der Waals surface area contributed by atoms with Crippen molar-refractivity contribution in [3.8, 4) is 0 Å². The Hall–Kier alpha value is -1.44. The summed E-state index contributed by atoms with van der Waals surface area (Å²) < 4.78 is 2.58. The first kappa shape index (κ1) is 15.5. The zero-order chi connectivity index (χ0) is 15.4.